The van der Waals surface area contributed by atoms with Crippen LogP contribution in [0, 0.1) is 0 Å². The number of aromatic nitrogens is 4. The summed E-state index contributed by atoms with van der Waals surface area (Å²) >= 11 is 0. The van der Waals surface area contributed by atoms with Gasteiger partial charge in [0.05, 0.1) is 5.56 Å². The van der Waals surface area contributed by atoms with Gasteiger partial charge in [0.25, 0.3) is 0 Å². The van der Waals surface area contributed by atoms with Crippen molar-refractivity contribution in [2.24, 2.45) is 0 Å². The number of benzene rings is 1. The summed E-state index contributed by atoms with van der Waals surface area (Å²) in [7, 11) is 0. The van der Waals surface area contributed by atoms with Gasteiger partial charge in [0.1, 0.15) is 0 Å². The van der Waals surface area contributed by atoms with Crippen LogP contribution < -0.4 is 5.32 Å². The molecule has 1 amide bonds. The third-order valence-electron chi connectivity index (χ3n) is 3.17. The summed E-state index contributed by atoms with van der Waals surface area (Å²) in [4.78, 5) is 12.7. The number of hydrogen-bond donors (Lipinski definition) is 1. The highest BCUT2D eigenvalue weighted by molar-refractivity contribution is 5.82. The Hall–Kier alpha value is -2.45. The van der Waals surface area contributed by atoms with E-state index in [0.717, 1.165) is 16.9 Å². The molecule has 1 atom stereocenters. The number of amides is 1. The van der Waals surface area contributed by atoms with E-state index in [9.17, 15) is 18.0 Å². The standard InChI is InChI=1S/C12H10F3N5O/c13-12(14,15)8-3-1-2-7(6-8)10-17-19-20(18-10)9-4-5-16-11(9)21/h1-3,6,9H,4-5H2,(H,16,21). The van der Waals surface area contributed by atoms with E-state index in [0.29, 0.717) is 13.0 Å². The Morgan fingerprint density at radius 2 is 2.14 bits per heavy atom. The van der Waals surface area contributed by atoms with E-state index >= 15 is 0 Å². The minimum absolute atomic E-state index is 0.0563. The van der Waals surface area contributed by atoms with Gasteiger partial charge < -0.3 is 5.32 Å². The van der Waals surface area contributed by atoms with Gasteiger partial charge in [-0.15, -0.1) is 10.2 Å². The lowest BCUT2D eigenvalue weighted by atomic mass is 10.1. The molecule has 1 aliphatic rings. The normalized spacial score (nSPS) is 18.8. The van der Waals surface area contributed by atoms with Crippen molar-refractivity contribution in [3.63, 3.8) is 0 Å². The predicted octanol–water partition coefficient (Wildman–Crippen LogP) is 1.42. The first-order valence-corrected chi connectivity index (χ1v) is 6.20. The molecular formula is C12H10F3N5O. The minimum Gasteiger partial charge on any atom is -0.354 e. The van der Waals surface area contributed by atoms with E-state index in [2.05, 4.69) is 20.7 Å². The van der Waals surface area contributed by atoms with Crippen LogP contribution in [0.5, 0.6) is 0 Å². The molecule has 110 valence electrons. The van der Waals surface area contributed by atoms with Gasteiger partial charge in [0.15, 0.2) is 6.04 Å². The summed E-state index contributed by atoms with van der Waals surface area (Å²) in [6, 6.07) is 4.11. The summed E-state index contributed by atoms with van der Waals surface area (Å²) in [6.07, 6.45) is -3.91. The topological polar surface area (TPSA) is 72.7 Å². The second-order valence-electron chi connectivity index (χ2n) is 4.61. The Morgan fingerprint density at radius 1 is 1.33 bits per heavy atom. The van der Waals surface area contributed by atoms with Gasteiger partial charge in [-0.25, -0.2) is 0 Å². The molecule has 0 spiro atoms. The Kier molecular flexibility index (Phi) is 3.11. The highest BCUT2D eigenvalue weighted by Crippen LogP contribution is 2.31. The highest BCUT2D eigenvalue weighted by atomic mass is 19.4. The summed E-state index contributed by atoms with van der Waals surface area (Å²) in [6.45, 7) is 0.518. The largest absolute Gasteiger partial charge is 0.416 e. The maximum absolute atomic E-state index is 12.7. The zero-order valence-electron chi connectivity index (χ0n) is 10.6. The fourth-order valence-electron chi connectivity index (χ4n) is 2.11. The molecule has 0 aliphatic carbocycles. The number of hydrogen-bond acceptors (Lipinski definition) is 4. The van der Waals surface area contributed by atoms with Gasteiger partial charge in [-0.1, -0.05) is 12.1 Å². The molecule has 1 saturated heterocycles. The van der Waals surface area contributed by atoms with Gasteiger partial charge in [-0.2, -0.15) is 18.0 Å². The van der Waals surface area contributed by atoms with Gasteiger partial charge in [-0.3, -0.25) is 4.79 Å². The predicted molar refractivity (Wildman–Crippen MR) is 64.9 cm³/mol. The van der Waals surface area contributed by atoms with E-state index in [1.165, 1.54) is 12.1 Å². The van der Waals surface area contributed by atoms with Crippen LogP contribution in [-0.4, -0.2) is 32.7 Å². The van der Waals surface area contributed by atoms with E-state index < -0.39 is 17.8 Å². The number of alkyl halides is 3. The molecule has 0 bridgehead atoms. The Labute approximate surface area is 116 Å². The first kappa shape index (κ1) is 13.5. The number of rotatable bonds is 2. The Balaban J connectivity index is 1.91. The smallest absolute Gasteiger partial charge is 0.354 e. The molecule has 2 aromatic rings. The second-order valence-corrected chi connectivity index (χ2v) is 4.61. The number of tetrazole rings is 1. The zero-order valence-corrected chi connectivity index (χ0v) is 10.6. The molecule has 3 rings (SSSR count). The average molecular weight is 297 g/mol. The van der Waals surface area contributed by atoms with Crippen molar-refractivity contribution < 1.29 is 18.0 Å². The zero-order chi connectivity index (χ0) is 15.0. The van der Waals surface area contributed by atoms with Crippen LogP contribution in [0.3, 0.4) is 0 Å². The molecule has 1 aromatic heterocycles. The summed E-state index contributed by atoms with van der Waals surface area (Å²) in [5.41, 5.74) is -0.579. The molecule has 1 aliphatic heterocycles. The van der Waals surface area contributed by atoms with Crippen molar-refractivity contribution in [3.05, 3.63) is 29.8 Å². The fraction of sp³-hybridized carbons (Fsp3) is 0.333. The van der Waals surface area contributed by atoms with Crippen LogP contribution in [0.2, 0.25) is 0 Å². The minimum atomic E-state index is -4.43. The monoisotopic (exact) mass is 297 g/mol. The van der Waals surface area contributed by atoms with Crippen molar-refractivity contribution in [2.45, 2.75) is 18.6 Å². The van der Waals surface area contributed by atoms with Gasteiger partial charge in [0, 0.05) is 12.1 Å². The van der Waals surface area contributed by atoms with E-state index in [4.69, 9.17) is 0 Å². The average Bonchev–Trinajstić information content (AvgIpc) is 3.06. The molecular weight excluding hydrogens is 287 g/mol. The van der Waals surface area contributed by atoms with Crippen molar-refractivity contribution in [3.8, 4) is 11.4 Å². The first-order chi connectivity index (χ1) is 9.95. The van der Waals surface area contributed by atoms with E-state index in [-0.39, 0.29) is 17.3 Å². The molecule has 6 nitrogen and oxygen atoms in total. The van der Waals surface area contributed by atoms with Crippen molar-refractivity contribution >= 4 is 5.91 Å². The maximum atomic E-state index is 12.7. The summed E-state index contributed by atoms with van der Waals surface area (Å²) < 4.78 is 38.0. The Morgan fingerprint density at radius 3 is 2.81 bits per heavy atom. The molecule has 21 heavy (non-hydrogen) atoms. The van der Waals surface area contributed by atoms with Gasteiger partial charge in [0.2, 0.25) is 11.7 Å². The van der Waals surface area contributed by atoms with Crippen molar-refractivity contribution in [2.75, 3.05) is 6.54 Å². The molecule has 9 heteroatoms. The molecule has 0 saturated carbocycles. The maximum Gasteiger partial charge on any atom is 0.416 e. The van der Waals surface area contributed by atoms with Crippen LogP contribution >= 0.6 is 0 Å². The summed E-state index contributed by atoms with van der Waals surface area (Å²) in [5.74, 6) is -0.163. The summed E-state index contributed by atoms with van der Waals surface area (Å²) in [5, 5.41) is 14.1. The van der Waals surface area contributed by atoms with E-state index in [1.54, 1.807) is 0 Å². The molecule has 1 N–H and O–H groups in total. The number of halogens is 3. The van der Waals surface area contributed by atoms with Gasteiger partial charge >= 0.3 is 6.18 Å². The molecule has 1 unspecified atom stereocenters. The van der Waals surface area contributed by atoms with Crippen LogP contribution in [0.1, 0.15) is 18.0 Å². The molecule has 1 aromatic carbocycles. The quantitative estimate of drug-likeness (QED) is 0.910. The fourth-order valence-corrected chi connectivity index (χ4v) is 2.11. The number of nitrogens with one attached hydrogen (secondary N) is 1. The lowest BCUT2D eigenvalue weighted by molar-refractivity contribution is -0.137. The SMILES string of the molecule is O=C1NCCC1n1nnc(-c2cccc(C(F)(F)F)c2)n1. The second kappa shape index (κ2) is 4.83. The first-order valence-electron chi connectivity index (χ1n) is 6.20. The number of carbonyl (C=O) groups excluding carboxylic acids is 1. The van der Waals surface area contributed by atoms with Crippen LogP contribution in [0.15, 0.2) is 24.3 Å². The molecule has 0 radical (unpaired) electrons. The number of nitrogens with zero attached hydrogens (tertiary/aromatic N) is 4. The number of carbonyl (C=O) groups is 1. The molecule has 2 heterocycles. The van der Waals surface area contributed by atoms with E-state index in [1.807, 2.05) is 0 Å². The van der Waals surface area contributed by atoms with Crippen LogP contribution in [0.25, 0.3) is 11.4 Å². The van der Waals surface area contributed by atoms with Gasteiger partial charge in [-0.05, 0) is 23.8 Å². The highest BCUT2D eigenvalue weighted by Gasteiger charge is 2.31. The lowest BCUT2D eigenvalue weighted by Gasteiger charge is -2.06. The van der Waals surface area contributed by atoms with Crippen molar-refractivity contribution in [1.29, 1.82) is 0 Å². The molecule has 1 fully saturated rings. The Bertz CT molecular complexity index is 682. The third kappa shape index (κ3) is 2.58. The van der Waals surface area contributed by atoms with Crippen LogP contribution in [-0.2, 0) is 11.0 Å². The lowest BCUT2D eigenvalue weighted by Crippen LogP contribution is -2.23. The van der Waals surface area contributed by atoms with Crippen LogP contribution in [0.4, 0.5) is 13.2 Å². The van der Waals surface area contributed by atoms with Crippen molar-refractivity contribution in [1.82, 2.24) is 25.5 Å². The third-order valence-corrected chi connectivity index (χ3v) is 3.17.